The third-order valence-electron chi connectivity index (χ3n) is 2.56. The van der Waals surface area contributed by atoms with Gasteiger partial charge < -0.3 is 14.6 Å². The zero-order chi connectivity index (χ0) is 14.5. The maximum absolute atomic E-state index is 11.7. The van der Waals surface area contributed by atoms with Crippen LogP contribution < -0.4 is 10.1 Å². The number of rotatable bonds is 4. The predicted molar refractivity (Wildman–Crippen MR) is 71.3 cm³/mol. The minimum Gasteiger partial charge on any atom is -0.483 e. The maximum Gasteiger partial charge on any atom is 0.263 e. The Morgan fingerprint density at radius 2 is 2.25 bits per heavy atom. The fraction of sp³-hybridized carbons (Fsp3) is 0.214. The molecular formula is C14H13N3O3. The van der Waals surface area contributed by atoms with Crippen LogP contribution in [0.25, 0.3) is 0 Å². The summed E-state index contributed by atoms with van der Waals surface area (Å²) < 4.78 is 10.2. The summed E-state index contributed by atoms with van der Waals surface area (Å²) in [5, 5.41) is 15.0. The van der Waals surface area contributed by atoms with E-state index in [1.807, 2.05) is 13.0 Å². The van der Waals surface area contributed by atoms with Crippen LogP contribution in [0.2, 0.25) is 0 Å². The molecule has 1 aromatic heterocycles. The fourth-order valence-electron chi connectivity index (χ4n) is 1.63. The predicted octanol–water partition coefficient (Wildman–Crippen LogP) is 2.18. The van der Waals surface area contributed by atoms with E-state index in [0.717, 1.165) is 5.56 Å². The molecule has 6 heteroatoms. The Labute approximate surface area is 115 Å². The number of carbonyl (C=O) groups excluding carboxylic acids is 1. The van der Waals surface area contributed by atoms with Gasteiger partial charge in [-0.05, 0) is 37.6 Å². The first kappa shape index (κ1) is 13.6. The van der Waals surface area contributed by atoms with Gasteiger partial charge >= 0.3 is 0 Å². The molecule has 6 nitrogen and oxygen atoms in total. The molecular weight excluding hydrogens is 258 g/mol. The highest BCUT2D eigenvalue weighted by Gasteiger charge is 2.08. The Morgan fingerprint density at radius 3 is 2.85 bits per heavy atom. The molecule has 20 heavy (non-hydrogen) atoms. The van der Waals surface area contributed by atoms with E-state index >= 15 is 0 Å². The van der Waals surface area contributed by atoms with Crippen molar-refractivity contribution >= 4 is 11.7 Å². The van der Waals surface area contributed by atoms with Crippen LogP contribution in [0.4, 0.5) is 5.82 Å². The largest absolute Gasteiger partial charge is 0.483 e. The highest BCUT2D eigenvalue weighted by molar-refractivity contribution is 5.90. The molecule has 0 spiro atoms. The molecule has 0 radical (unpaired) electrons. The van der Waals surface area contributed by atoms with Gasteiger partial charge in [0.2, 0.25) is 0 Å². The van der Waals surface area contributed by atoms with Gasteiger partial charge in [0.1, 0.15) is 11.5 Å². The van der Waals surface area contributed by atoms with Crippen molar-refractivity contribution in [3.63, 3.8) is 0 Å². The SMILES string of the molecule is Cc1cc(NC(=O)COc2ccc(C#N)cc2C)no1. The molecule has 1 N–H and O–H groups in total. The number of nitrogens with one attached hydrogen (secondary N) is 1. The van der Waals surface area contributed by atoms with Crippen molar-refractivity contribution in [1.82, 2.24) is 5.16 Å². The Bertz CT molecular complexity index is 671. The number of nitriles is 1. The number of anilines is 1. The lowest BCUT2D eigenvalue weighted by atomic mass is 10.1. The summed E-state index contributed by atoms with van der Waals surface area (Å²) in [5.74, 6) is 1.20. The van der Waals surface area contributed by atoms with E-state index in [9.17, 15) is 4.79 Å². The normalized spacial score (nSPS) is 9.85. The number of nitrogens with zero attached hydrogens (tertiary/aromatic N) is 2. The molecule has 0 unspecified atom stereocenters. The highest BCUT2D eigenvalue weighted by atomic mass is 16.5. The second-order valence-corrected chi connectivity index (χ2v) is 4.25. The van der Waals surface area contributed by atoms with Crippen molar-refractivity contribution in [3.05, 3.63) is 41.2 Å². The second-order valence-electron chi connectivity index (χ2n) is 4.25. The smallest absolute Gasteiger partial charge is 0.263 e. The van der Waals surface area contributed by atoms with E-state index in [1.165, 1.54) is 0 Å². The van der Waals surface area contributed by atoms with Gasteiger partial charge in [-0.3, -0.25) is 4.79 Å². The molecule has 0 aliphatic heterocycles. The van der Waals surface area contributed by atoms with Crippen molar-refractivity contribution in [2.24, 2.45) is 0 Å². The van der Waals surface area contributed by atoms with E-state index in [1.54, 1.807) is 31.2 Å². The van der Waals surface area contributed by atoms with Crippen LogP contribution in [0, 0.1) is 25.2 Å². The number of ether oxygens (including phenoxy) is 1. The van der Waals surface area contributed by atoms with Crippen LogP contribution in [0.5, 0.6) is 5.75 Å². The van der Waals surface area contributed by atoms with E-state index in [4.69, 9.17) is 14.5 Å². The van der Waals surface area contributed by atoms with E-state index in [-0.39, 0.29) is 12.5 Å². The molecule has 0 saturated heterocycles. The van der Waals surface area contributed by atoms with Gasteiger partial charge in [-0.1, -0.05) is 5.16 Å². The van der Waals surface area contributed by atoms with Crippen LogP contribution in [0.15, 0.2) is 28.8 Å². The van der Waals surface area contributed by atoms with Gasteiger partial charge in [-0.15, -0.1) is 0 Å². The fourth-order valence-corrected chi connectivity index (χ4v) is 1.63. The van der Waals surface area contributed by atoms with Crippen molar-refractivity contribution in [3.8, 4) is 11.8 Å². The van der Waals surface area contributed by atoms with E-state index in [0.29, 0.717) is 22.9 Å². The molecule has 2 aromatic rings. The van der Waals surface area contributed by atoms with Crippen LogP contribution in [-0.2, 0) is 4.79 Å². The number of hydrogen-bond acceptors (Lipinski definition) is 5. The van der Waals surface area contributed by atoms with Gasteiger partial charge in [0, 0.05) is 6.07 Å². The molecule has 1 amide bonds. The third kappa shape index (κ3) is 3.36. The van der Waals surface area contributed by atoms with Crippen molar-refractivity contribution in [2.45, 2.75) is 13.8 Å². The highest BCUT2D eigenvalue weighted by Crippen LogP contribution is 2.18. The average molecular weight is 271 g/mol. The maximum atomic E-state index is 11.7. The van der Waals surface area contributed by atoms with Crippen molar-refractivity contribution in [2.75, 3.05) is 11.9 Å². The molecule has 0 bridgehead atoms. The molecule has 0 aliphatic rings. The summed E-state index contributed by atoms with van der Waals surface area (Å²) in [5.41, 5.74) is 1.35. The Kier molecular flexibility index (Phi) is 4.01. The quantitative estimate of drug-likeness (QED) is 0.920. The van der Waals surface area contributed by atoms with E-state index < -0.39 is 0 Å². The van der Waals surface area contributed by atoms with Crippen molar-refractivity contribution in [1.29, 1.82) is 5.26 Å². The molecule has 0 atom stereocenters. The van der Waals surface area contributed by atoms with Gasteiger partial charge in [0.25, 0.3) is 5.91 Å². The zero-order valence-electron chi connectivity index (χ0n) is 11.1. The molecule has 102 valence electrons. The third-order valence-corrected chi connectivity index (χ3v) is 2.56. The lowest BCUT2D eigenvalue weighted by Crippen LogP contribution is -2.20. The lowest BCUT2D eigenvalue weighted by Gasteiger charge is -2.08. The minimum atomic E-state index is -0.331. The first-order valence-electron chi connectivity index (χ1n) is 5.95. The topological polar surface area (TPSA) is 88.1 Å². The molecule has 1 heterocycles. The number of carbonyl (C=O) groups is 1. The molecule has 0 aliphatic carbocycles. The number of amides is 1. The summed E-state index contributed by atoms with van der Waals surface area (Å²) in [7, 11) is 0. The summed E-state index contributed by atoms with van der Waals surface area (Å²) in [6.07, 6.45) is 0. The minimum absolute atomic E-state index is 0.140. The Hall–Kier alpha value is -2.81. The average Bonchev–Trinajstić information content (AvgIpc) is 2.82. The number of hydrogen-bond donors (Lipinski definition) is 1. The van der Waals surface area contributed by atoms with Gasteiger partial charge in [-0.25, -0.2) is 0 Å². The molecule has 1 aromatic carbocycles. The monoisotopic (exact) mass is 271 g/mol. The van der Waals surface area contributed by atoms with Crippen LogP contribution >= 0.6 is 0 Å². The first-order valence-corrected chi connectivity index (χ1v) is 5.95. The summed E-state index contributed by atoms with van der Waals surface area (Å²) in [6, 6.07) is 8.67. The van der Waals surface area contributed by atoms with E-state index in [2.05, 4.69) is 10.5 Å². The summed E-state index contributed by atoms with van der Waals surface area (Å²) >= 11 is 0. The second kappa shape index (κ2) is 5.89. The number of aryl methyl sites for hydroxylation is 2. The van der Waals surface area contributed by atoms with Crippen molar-refractivity contribution < 1.29 is 14.1 Å². The summed E-state index contributed by atoms with van der Waals surface area (Å²) in [4.78, 5) is 11.7. The number of aromatic nitrogens is 1. The standard InChI is InChI=1S/C14H13N3O3/c1-9-5-11(7-15)3-4-12(9)19-8-14(18)16-13-6-10(2)20-17-13/h3-6H,8H2,1-2H3,(H,16,17,18). The Balaban J connectivity index is 1.92. The van der Waals surface area contributed by atoms with Crippen LogP contribution in [0.1, 0.15) is 16.9 Å². The molecule has 0 saturated carbocycles. The molecule has 2 rings (SSSR count). The Morgan fingerprint density at radius 1 is 1.45 bits per heavy atom. The summed E-state index contributed by atoms with van der Waals surface area (Å²) in [6.45, 7) is 3.41. The van der Waals surface area contributed by atoms with Crippen LogP contribution in [0.3, 0.4) is 0 Å². The first-order chi connectivity index (χ1) is 9.58. The van der Waals surface area contributed by atoms with Gasteiger partial charge in [0.05, 0.1) is 11.6 Å². The molecule has 0 fully saturated rings. The number of benzene rings is 1. The zero-order valence-corrected chi connectivity index (χ0v) is 11.1. The van der Waals surface area contributed by atoms with Gasteiger partial charge in [0.15, 0.2) is 12.4 Å². The van der Waals surface area contributed by atoms with Crippen LogP contribution in [-0.4, -0.2) is 17.7 Å². The van der Waals surface area contributed by atoms with Gasteiger partial charge in [-0.2, -0.15) is 5.26 Å². The lowest BCUT2D eigenvalue weighted by molar-refractivity contribution is -0.118.